The maximum atomic E-state index is 11.4. The Balaban J connectivity index is 1.58. The van der Waals surface area contributed by atoms with E-state index < -0.39 is 0 Å². The number of nitrogens with two attached hydrogens (primary N) is 1. The second-order valence-electron chi connectivity index (χ2n) is 6.56. The topological polar surface area (TPSA) is 95.6 Å². The number of piperidine rings is 1. The Morgan fingerprint density at radius 1 is 1.33 bits per heavy atom. The molecule has 3 rings (SSSR count). The van der Waals surface area contributed by atoms with Gasteiger partial charge in [-0.3, -0.25) is 9.79 Å². The highest BCUT2D eigenvalue weighted by atomic mass is 32.1. The monoisotopic (exact) mass is 386 g/mol. The van der Waals surface area contributed by atoms with Gasteiger partial charge >= 0.3 is 0 Å². The summed E-state index contributed by atoms with van der Waals surface area (Å²) in [6, 6.07) is 6.11. The van der Waals surface area contributed by atoms with Gasteiger partial charge in [-0.2, -0.15) is 11.3 Å². The minimum absolute atomic E-state index is 0.0216. The summed E-state index contributed by atoms with van der Waals surface area (Å²) < 4.78 is 0. The van der Waals surface area contributed by atoms with Crippen molar-refractivity contribution in [1.82, 2.24) is 15.6 Å². The third-order valence-electron chi connectivity index (χ3n) is 4.77. The second-order valence-corrected chi connectivity index (χ2v) is 7.34. The van der Waals surface area contributed by atoms with E-state index in [1.807, 2.05) is 12.3 Å². The Bertz CT molecular complexity index is 768. The number of pyridine rings is 1. The molecule has 1 aliphatic heterocycles. The van der Waals surface area contributed by atoms with E-state index in [1.54, 1.807) is 18.4 Å². The number of guanidine groups is 1. The van der Waals surface area contributed by atoms with Gasteiger partial charge in [0, 0.05) is 50.9 Å². The lowest BCUT2D eigenvalue weighted by Crippen LogP contribution is -2.40. The van der Waals surface area contributed by atoms with Gasteiger partial charge in [-0.15, -0.1) is 0 Å². The molecule has 3 heterocycles. The highest BCUT2D eigenvalue weighted by molar-refractivity contribution is 7.07. The Kier molecular flexibility index (Phi) is 6.64. The number of thiophene rings is 1. The molecule has 2 aromatic heterocycles. The van der Waals surface area contributed by atoms with Crippen LogP contribution in [0.4, 0.5) is 5.82 Å². The molecule has 0 aromatic carbocycles. The molecule has 0 saturated carbocycles. The largest absolute Gasteiger partial charge is 0.369 e. The summed E-state index contributed by atoms with van der Waals surface area (Å²) in [7, 11) is 1.77. The third kappa shape index (κ3) is 5.19. The molecule has 1 saturated heterocycles. The number of carbonyl (C=O) groups is 1. The summed E-state index contributed by atoms with van der Waals surface area (Å²) in [5.41, 5.74) is 7.78. The molecule has 7 nitrogen and oxygen atoms in total. The van der Waals surface area contributed by atoms with Crippen molar-refractivity contribution in [3.8, 4) is 0 Å². The van der Waals surface area contributed by atoms with Crippen LogP contribution in [-0.2, 0) is 17.9 Å². The molecule has 1 amide bonds. The lowest BCUT2D eigenvalue weighted by molar-refractivity contribution is -0.122. The smallest absolute Gasteiger partial charge is 0.220 e. The highest BCUT2D eigenvalue weighted by Crippen LogP contribution is 2.24. The van der Waals surface area contributed by atoms with Gasteiger partial charge in [-0.05, 0) is 41.3 Å². The fourth-order valence-corrected chi connectivity index (χ4v) is 3.88. The van der Waals surface area contributed by atoms with Crippen LogP contribution in [0.3, 0.4) is 0 Å². The van der Waals surface area contributed by atoms with Crippen molar-refractivity contribution in [3.63, 3.8) is 0 Å². The Hall–Kier alpha value is -2.61. The van der Waals surface area contributed by atoms with Gasteiger partial charge < -0.3 is 21.3 Å². The number of rotatable bonds is 6. The van der Waals surface area contributed by atoms with Crippen molar-refractivity contribution in [3.05, 3.63) is 46.3 Å². The molecule has 27 heavy (non-hydrogen) atoms. The van der Waals surface area contributed by atoms with E-state index in [9.17, 15) is 4.79 Å². The Morgan fingerprint density at radius 2 is 2.11 bits per heavy atom. The lowest BCUT2D eigenvalue weighted by atomic mass is 9.96. The Labute approximate surface area is 163 Å². The molecule has 2 aromatic rings. The van der Waals surface area contributed by atoms with Crippen molar-refractivity contribution in [2.75, 3.05) is 25.0 Å². The van der Waals surface area contributed by atoms with Crippen LogP contribution in [0.5, 0.6) is 0 Å². The summed E-state index contributed by atoms with van der Waals surface area (Å²) in [5, 5.41) is 10.9. The first-order valence-corrected chi connectivity index (χ1v) is 10.1. The molecule has 4 N–H and O–H groups in total. The number of anilines is 1. The molecule has 1 fully saturated rings. The zero-order valence-corrected chi connectivity index (χ0v) is 16.3. The van der Waals surface area contributed by atoms with Crippen LogP contribution in [0.2, 0.25) is 0 Å². The number of hydrogen-bond donors (Lipinski definition) is 3. The average Bonchev–Trinajstić information content (AvgIpc) is 3.22. The minimum Gasteiger partial charge on any atom is -0.369 e. The molecule has 0 bridgehead atoms. The van der Waals surface area contributed by atoms with Crippen molar-refractivity contribution < 1.29 is 4.79 Å². The van der Waals surface area contributed by atoms with Crippen LogP contribution in [0.15, 0.2) is 40.1 Å². The molecular weight excluding hydrogens is 360 g/mol. The van der Waals surface area contributed by atoms with E-state index in [1.165, 1.54) is 5.56 Å². The fourth-order valence-electron chi connectivity index (χ4n) is 3.21. The van der Waals surface area contributed by atoms with E-state index >= 15 is 0 Å². The van der Waals surface area contributed by atoms with E-state index in [0.29, 0.717) is 6.54 Å². The summed E-state index contributed by atoms with van der Waals surface area (Å²) in [6.45, 7) is 2.96. The Morgan fingerprint density at radius 3 is 2.78 bits per heavy atom. The first kappa shape index (κ1) is 19.2. The standard InChI is InChI=1S/C19H26N6OS/c1-21-19(23-11-14-6-10-27-13-14)24-12-16-3-2-7-22-18(16)25-8-4-15(5-9-25)17(20)26/h2-3,6-7,10,13,15H,4-5,8-9,11-12H2,1H3,(H2,20,26)(H2,21,23,24). The second kappa shape index (κ2) is 9.36. The number of hydrogen-bond acceptors (Lipinski definition) is 5. The highest BCUT2D eigenvalue weighted by Gasteiger charge is 2.24. The van der Waals surface area contributed by atoms with Crippen LogP contribution in [0.25, 0.3) is 0 Å². The molecule has 144 valence electrons. The quantitative estimate of drug-likeness (QED) is 0.519. The SMILES string of the molecule is CN=C(NCc1ccsc1)NCc1cccnc1N1CCC(C(N)=O)CC1. The van der Waals surface area contributed by atoms with E-state index in [0.717, 1.165) is 49.8 Å². The molecule has 0 atom stereocenters. The lowest BCUT2D eigenvalue weighted by Gasteiger charge is -2.32. The number of primary amides is 1. The van der Waals surface area contributed by atoms with Crippen LogP contribution >= 0.6 is 11.3 Å². The van der Waals surface area contributed by atoms with Gasteiger partial charge in [0.25, 0.3) is 0 Å². The number of aliphatic imine (C=N–C) groups is 1. The van der Waals surface area contributed by atoms with Crippen LogP contribution in [0.1, 0.15) is 24.0 Å². The number of carbonyl (C=O) groups excluding carboxylic acids is 1. The van der Waals surface area contributed by atoms with Crippen molar-refractivity contribution in [2.45, 2.75) is 25.9 Å². The zero-order chi connectivity index (χ0) is 19.1. The molecule has 0 radical (unpaired) electrons. The van der Waals surface area contributed by atoms with Gasteiger partial charge in [0.2, 0.25) is 5.91 Å². The number of nitrogens with one attached hydrogen (secondary N) is 2. The van der Waals surface area contributed by atoms with Crippen LogP contribution < -0.4 is 21.3 Å². The van der Waals surface area contributed by atoms with E-state index in [4.69, 9.17) is 5.73 Å². The molecule has 0 aliphatic carbocycles. The van der Waals surface area contributed by atoms with E-state index in [2.05, 4.69) is 48.4 Å². The third-order valence-corrected chi connectivity index (χ3v) is 5.51. The predicted molar refractivity (Wildman–Crippen MR) is 110 cm³/mol. The summed E-state index contributed by atoms with van der Waals surface area (Å²) in [5.74, 6) is 1.49. The zero-order valence-electron chi connectivity index (χ0n) is 15.5. The van der Waals surface area contributed by atoms with Gasteiger partial charge in [0.1, 0.15) is 5.82 Å². The normalized spacial score (nSPS) is 15.6. The predicted octanol–water partition coefficient (Wildman–Crippen LogP) is 1.71. The maximum Gasteiger partial charge on any atom is 0.220 e. The average molecular weight is 387 g/mol. The van der Waals surface area contributed by atoms with Gasteiger partial charge in [-0.25, -0.2) is 4.98 Å². The van der Waals surface area contributed by atoms with Crippen molar-refractivity contribution >= 4 is 29.0 Å². The molecular formula is C19H26N6OS. The minimum atomic E-state index is -0.196. The van der Waals surface area contributed by atoms with Crippen LogP contribution in [0, 0.1) is 5.92 Å². The molecule has 0 unspecified atom stereocenters. The number of nitrogens with zero attached hydrogens (tertiary/aromatic N) is 3. The number of amides is 1. The summed E-state index contributed by atoms with van der Waals surface area (Å²) in [6.07, 6.45) is 3.37. The van der Waals surface area contributed by atoms with Gasteiger partial charge in [0.15, 0.2) is 5.96 Å². The first-order valence-electron chi connectivity index (χ1n) is 9.11. The molecule has 1 aliphatic rings. The summed E-state index contributed by atoms with van der Waals surface area (Å²) >= 11 is 1.69. The number of aromatic nitrogens is 1. The van der Waals surface area contributed by atoms with E-state index in [-0.39, 0.29) is 11.8 Å². The molecule has 8 heteroatoms. The molecule has 0 spiro atoms. The van der Waals surface area contributed by atoms with Crippen molar-refractivity contribution in [2.24, 2.45) is 16.6 Å². The summed E-state index contributed by atoms with van der Waals surface area (Å²) in [4.78, 5) is 22.5. The van der Waals surface area contributed by atoms with Gasteiger partial charge in [-0.1, -0.05) is 6.07 Å². The van der Waals surface area contributed by atoms with Gasteiger partial charge in [0.05, 0.1) is 0 Å². The van der Waals surface area contributed by atoms with Crippen molar-refractivity contribution in [1.29, 1.82) is 0 Å². The maximum absolute atomic E-state index is 11.4. The first-order chi connectivity index (χ1) is 13.2. The van der Waals surface area contributed by atoms with Crippen LogP contribution in [-0.4, -0.2) is 37.0 Å². The fraction of sp³-hybridized carbons (Fsp3) is 0.421.